The van der Waals surface area contributed by atoms with Crippen molar-refractivity contribution in [1.29, 1.82) is 0 Å². The van der Waals surface area contributed by atoms with E-state index in [9.17, 15) is 4.79 Å². The minimum absolute atomic E-state index is 0.187. The molecule has 1 heterocycles. The third-order valence-corrected chi connectivity index (χ3v) is 3.79. The molecular weight excluding hydrogens is 322 g/mol. The fourth-order valence-corrected chi connectivity index (χ4v) is 3.09. The number of hydrogen-bond donors (Lipinski definition) is 0. The lowest BCUT2D eigenvalue weighted by Crippen LogP contribution is -2.25. The first-order valence-electron chi connectivity index (χ1n) is 4.79. The van der Waals surface area contributed by atoms with Crippen molar-refractivity contribution in [3.05, 3.63) is 28.2 Å². The third-order valence-electron chi connectivity index (χ3n) is 2.54. The molecule has 1 aromatic rings. The van der Waals surface area contributed by atoms with Crippen LogP contribution in [-0.4, -0.2) is 17.3 Å². The van der Waals surface area contributed by atoms with E-state index in [4.69, 9.17) is 0 Å². The van der Waals surface area contributed by atoms with Crippen LogP contribution < -0.4 is 4.90 Å². The number of rotatable bonds is 1. The molecule has 0 bridgehead atoms. The Kier molecular flexibility index (Phi) is 3.16. The lowest BCUT2D eigenvalue weighted by Gasteiger charge is -2.20. The van der Waals surface area contributed by atoms with Gasteiger partial charge in [-0.1, -0.05) is 28.1 Å². The van der Waals surface area contributed by atoms with Crippen LogP contribution in [0.2, 0.25) is 0 Å². The highest BCUT2D eigenvalue weighted by Gasteiger charge is 2.30. The smallest absolute Gasteiger partial charge is 0.228 e. The predicted octanol–water partition coefficient (Wildman–Crippen LogP) is 3.26. The van der Waals surface area contributed by atoms with Gasteiger partial charge in [0.25, 0.3) is 0 Å². The number of carbonyl (C=O) groups is 1. The van der Waals surface area contributed by atoms with E-state index >= 15 is 0 Å². The molecule has 0 aromatic heterocycles. The number of nitrogens with zero attached hydrogens (tertiary/aromatic N) is 1. The zero-order valence-electron chi connectivity index (χ0n) is 8.34. The van der Waals surface area contributed by atoms with E-state index in [2.05, 4.69) is 31.9 Å². The average Bonchev–Trinajstić information content (AvgIpc) is 2.45. The van der Waals surface area contributed by atoms with Gasteiger partial charge in [-0.15, -0.1) is 0 Å². The molecule has 1 atom stereocenters. The molecule has 1 saturated heterocycles. The highest BCUT2D eigenvalue weighted by atomic mass is 79.9. The number of anilines is 1. The van der Waals surface area contributed by atoms with E-state index in [1.807, 2.05) is 30.0 Å². The van der Waals surface area contributed by atoms with Crippen LogP contribution in [0, 0.1) is 6.92 Å². The molecule has 15 heavy (non-hydrogen) atoms. The van der Waals surface area contributed by atoms with Crippen LogP contribution in [0.5, 0.6) is 0 Å². The van der Waals surface area contributed by atoms with Crippen LogP contribution in [0.3, 0.4) is 0 Å². The summed E-state index contributed by atoms with van der Waals surface area (Å²) in [5.74, 6) is 0.187. The molecule has 1 amide bonds. The van der Waals surface area contributed by atoms with Crippen LogP contribution in [0.15, 0.2) is 22.7 Å². The summed E-state index contributed by atoms with van der Waals surface area (Å²) >= 11 is 6.98. The fourth-order valence-electron chi connectivity index (χ4n) is 1.85. The fraction of sp³-hybridized carbons (Fsp3) is 0.364. The van der Waals surface area contributed by atoms with Crippen LogP contribution in [-0.2, 0) is 4.79 Å². The molecule has 1 aliphatic rings. The second-order valence-electron chi connectivity index (χ2n) is 3.71. The van der Waals surface area contributed by atoms with Crippen molar-refractivity contribution in [1.82, 2.24) is 0 Å². The predicted molar refractivity (Wildman–Crippen MR) is 68.6 cm³/mol. The molecule has 0 N–H and O–H groups in total. The molecule has 0 saturated carbocycles. The van der Waals surface area contributed by atoms with E-state index < -0.39 is 0 Å². The zero-order chi connectivity index (χ0) is 11.0. The summed E-state index contributed by atoms with van der Waals surface area (Å²) in [6, 6.07) is 5.97. The highest BCUT2D eigenvalue weighted by Crippen LogP contribution is 2.33. The van der Waals surface area contributed by atoms with Gasteiger partial charge in [-0.25, -0.2) is 0 Å². The zero-order valence-corrected chi connectivity index (χ0v) is 11.5. The second-order valence-corrected chi connectivity index (χ2v) is 5.86. The van der Waals surface area contributed by atoms with Crippen molar-refractivity contribution in [2.45, 2.75) is 18.2 Å². The van der Waals surface area contributed by atoms with Crippen molar-refractivity contribution in [3.63, 3.8) is 0 Å². The van der Waals surface area contributed by atoms with Crippen molar-refractivity contribution in [3.8, 4) is 0 Å². The van der Waals surface area contributed by atoms with Gasteiger partial charge in [0.1, 0.15) is 0 Å². The monoisotopic (exact) mass is 331 g/mol. The maximum absolute atomic E-state index is 11.8. The molecule has 0 radical (unpaired) electrons. The second kappa shape index (κ2) is 4.26. The van der Waals surface area contributed by atoms with Crippen LogP contribution >= 0.6 is 31.9 Å². The normalized spacial score (nSPS) is 21.1. The van der Waals surface area contributed by atoms with Gasteiger partial charge in [0, 0.05) is 22.3 Å². The first kappa shape index (κ1) is 11.1. The van der Waals surface area contributed by atoms with E-state index in [0.717, 1.165) is 22.3 Å². The molecule has 2 nitrogen and oxygen atoms in total. The van der Waals surface area contributed by atoms with Gasteiger partial charge in [-0.3, -0.25) is 4.79 Å². The first-order chi connectivity index (χ1) is 7.09. The number of carbonyl (C=O) groups excluding carboxylic acids is 1. The van der Waals surface area contributed by atoms with Crippen molar-refractivity contribution in [2.75, 3.05) is 11.4 Å². The van der Waals surface area contributed by atoms with Gasteiger partial charge in [0.05, 0.1) is 5.69 Å². The van der Waals surface area contributed by atoms with Crippen LogP contribution in [0.4, 0.5) is 5.69 Å². The number of amides is 1. The van der Waals surface area contributed by atoms with Crippen molar-refractivity contribution in [2.24, 2.45) is 0 Å². The lowest BCUT2D eigenvalue weighted by molar-refractivity contribution is -0.117. The Bertz CT molecular complexity index is 385. The minimum Gasteiger partial charge on any atom is -0.310 e. The Morgan fingerprint density at radius 3 is 2.73 bits per heavy atom. The molecule has 4 heteroatoms. The van der Waals surface area contributed by atoms with Gasteiger partial charge in [-0.2, -0.15) is 0 Å². The Morgan fingerprint density at radius 2 is 2.20 bits per heavy atom. The number of para-hydroxylation sites is 1. The van der Waals surface area contributed by atoms with Crippen molar-refractivity contribution < 1.29 is 4.79 Å². The summed E-state index contributed by atoms with van der Waals surface area (Å²) in [4.78, 5) is 13.9. The van der Waals surface area contributed by atoms with E-state index in [-0.39, 0.29) is 10.7 Å². The molecule has 0 spiro atoms. The average molecular weight is 333 g/mol. The standard InChI is InChI=1S/C11H11Br2NO/c1-7-3-2-4-9(13)11(7)14-6-8(12)5-10(14)15/h2-4,8H,5-6H2,1H3. The summed E-state index contributed by atoms with van der Waals surface area (Å²) in [5.41, 5.74) is 2.13. The quantitative estimate of drug-likeness (QED) is 0.723. The summed E-state index contributed by atoms with van der Waals surface area (Å²) in [5, 5.41) is 0. The van der Waals surface area contributed by atoms with E-state index in [1.165, 1.54) is 0 Å². The molecule has 1 aromatic carbocycles. The summed E-state index contributed by atoms with van der Waals surface area (Å²) in [6.45, 7) is 2.78. The molecule has 80 valence electrons. The van der Waals surface area contributed by atoms with E-state index in [0.29, 0.717) is 6.42 Å². The number of halogens is 2. The molecule has 2 rings (SSSR count). The maximum Gasteiger partial charge on any atom is 0.228 e. The van der Waals surface area contributed by atoms with Gasteiger partial charge in [0.2, 0.25) is 5.91 Å². The largest absolute Gasteiger partial charge is 0.310 e. The number of alkyl halides is 1. The summed E-state index contributed by atoms with van der Waals surface area (Å²) in [6.07, 6.45) is 0.584. The lowest BCUT2D eigenvalue weighted by atomic mass is 10.2. The third kappa shape index (κ3) is 2.11. The molecule has 1 fully saturated rings. The number of benzene rings is 1. The van der Waals surface area contributed by atoms with E-state index in [1.54, 1.807) is 0 Å². The Labute approximate surface area is 106 Å². The Morgan fingerprint density at radius 1 is 1.47 bits per heavy atom. The van der Waals surface area contributed by atoms with Crippen LogP contribution in [0.25, 0.3) is 0 Å². The summed E-state index contributed by atoms with van der Waals surface area (Å²) in [7, 11) is 0. The molecule has 1 aliphatic heterocycles. The molecular formula is C11H11Br2NO. The summed E-state index contributed by atoms with van der Waals surface area (Å²) < 4.78 is 0.984. The maximum atomic E-state index is 11.8. The minimum atomic E-state index is 0.187. The first-order valence-corrected chi connectivity index (χ1v) is 6.50. The number of aryl methyl sites for hydroxylation is 1. The van der Waals surface area contributed by atoms with Crippen molar-refractivity contribution >= 4 is 43.5 Å². The van der Waals surface area contributed by atoms with Gasteiger partial charge in [-0.05, 0) is 34.5 Å². The van der Waals surface area contributed by atoms with Gasteiger partial charge >= 0.3 is 0 Å². The topological polar surface area (TPSA) is 20.3 Å². The molecule has 0 aliphatic carbocycles. The Hall–Kier alpha value is -0.350. The molecule has 1 unspecified atom stereocenters. The van der Waals surface area contributed by atoms with Gasteiger partial charge in [0.15, 0.2) is 0 Å². The SMILES string of the molecule is Cc1cccc(Br)c1N1CC(Br)CC1=O. The number of hydrogen-bond acceptors (Lipinski definition) is 1. The van der Waals surface area contributed by atoms with Gasteiger partial charge < -0.3 is 4.90 Å². The highest BCUT2D eigenvalue weighted by molar-refractivity contribution is 9.10. The Balaban J connectivity index is 2.41. The van der Waals surface area contributed by atoms with Crippen LogP contribution in [0.1, 0.15) is 12.0 Å².